The van der Waals surface area contributed by atoms with Gasteiger partial charge >= 0.3 is 5.97 Å². The summed E-state index contributed by atoms with van der Waals surface area (Å²) >= 11 is 0. The molecule has 1 heterocycles. The van der Waals surface area contributed by atoms with Crippen LogP contribution in [0.15, 0.2) is 30.3 Å². The van der Waals surface area contributed by atoms with Gasteiger partial charge in [0.25, 0.3) is 5.91 Å². The van der Waals surface area contributed by atoms with Crippen LogP contribution in [-0.2, 0) is 20.8 Å². The summed E-state index contributed by atoms with van der Waals surface area (Å²) in [6.07, 6.45) is 0.684. The first-order valence-electron chi connectivity index (χ1n) is 11.4. The molecule has 1 aliphatic heterocycles. The highest BCUT2D eigenvalue weighted by molar-refractivity contribution is 6.88. The molecule has 2 aromatic carbocycles. The molecule has 0 saturated heterocycles. The number of rotatable bonds is 6. The van der Waals surface area contributed by atoms with E-state index in [1.165, 1.54) is 12.0 Å². The monoisotopic (exact) mass is 502 g/mol. The smallest absolute Gasteiger partial charge is 0.307 e. The Hall–Kier alpha value is -3.27. The van der Waals surface area contributed by atoms with Crippen molar-refractivity contribution in [2.24, 2.45) is 11.8 Å². The zero-order valence-electron chi connectivity index (χ0n) is 20.0. The number of nitrogens with one attached hydrogen (secondary N) is 1. The fourth-order valence-corrected chi connectivity index (χ4v) is 6.35. The first-order valence-corrected chi connectivity index (χ1v) is 14.9. The lowest BCUT2D eigenvalue weighted by molar-refractivity contribution is -0.144. The molecule has 0 bridgehead atoms. The first-order chi connectivity index (χ1) is 16.4. The molecule has 2 aromatic rings. The van der Waals surface area contributed by atoms with E-state index in [-0.39, 0.29) is 23.8 Å². The van der Waals surface area contributed by atoms with Crippen LogP contribution in [0.3, 0.4) is 0 Å². The number of halogens is 2. The Bertz CT molecular complexity index is 1190. The van der Waals surface area contributed by atoms with Crippen molar-refractivity contribution in [1.82, 2.24) is 4.90 Å². The molecular formula is C25H28F2N2O5Si. The van der Waals surface area contributed by atoms with E-state index in [0.717, 1.165) is 17.7 Å². The van der Waals surface area contributed by atoms with Gasteiger partial charge in [-0.2, -0.15) is 0 Å². The van der Waals surface area contributed by atoms with Crippen molar-refractivity contribution in [3.8, 4) is 5.75 Å². The van der Waals surface area contributed by atoms with Gasteiger partial charge in [-0.25, -0.2) is 8.78 Å². The molecular weight excluding hydrogens is 474 g/mol. The Morgan fingerprint density at radius 1 is 1.09 bits per heavy atom. The van der Waals surface area contributed by atoms with Crippen LogP contribution in [-0.4, -0.2) is 49.5 Å². The van der Waals surface area contributed by atoms with Crippen molar-refractivity contribution in [3.63, 3.8) is 0 Å². The Labute approximate surface area is 203 Å². The quantitative estimate of drug-likeness (QED) is 0.591. The highest BCUT2D eigenvalue weighted by Crippen LogP contribution is 2.43. The number of carboxylic acids is 1. The van der Waals surface area contributed by atoms with E-state index in [1.807, 2.05) is 19.6 Å². The molecule has 1 saturated carbocycles. The van der Waals surface area contributed by atoms with E-state index in [2.05, 4.69) is 5.32 Å². The first kappa shape index (κ1) is 24.8. The summed E-state index contributed by atoms with van der Waals surface area (Å²) in [4.78, 5) is 39.3. The van der Waals surface area contributed by atoms with Gasteiger partial charge in [0.2, 0.25) is 5.91 Å². The molecule has 186 valence electrons. The van der Waals surface area contributed by atoms with Crippen LogP contribution < -0.4 is 15.2 Å². The van der Waals surface area contributed by atoms with Crippen LogP contribution in [0.2, 0.25) is 19.6 Å². The number of benzene rings is 2. The molecule has 10 heteroatoms. The maximum Gasteiger partial charge on any atom is 0.307 e. The van der Waals surface area contributed by atoms with Crippen molar-refractivity contribution < 1.29 is 33.0 Å². The maximum absolute atomic E-state index is 14.8. The predicted octanol–water partition coefficient (Wildman–Crippen LogP) is 3.30. The van der Waals surface area contributed by atoms with E-state index in [1.54, 1.807) is 18.2 Å². The lowest BCUT2D eigenvalue weighted by atomic mass is 9.91. The van der Waals surface area contributed by atoms with Gasteiger partial charge in [0.05, 0.1) is 27.0 Å². The SMILES string of the molecule is COc1ccc2c(c1)CCN(C(=O)C1CC1C(=O)O)C2C(=O)Nc1cc(F)c([Si](C)(C)C)c(F)c1. The molecule has 4 rings (SSSR count). The van der Waals surface area contributed by atoms with Crippen LogP contribution >= 0.6 is 0 Å². The number of nitrogens with zero attached hydrogens (tertiary/aromatic N) is 1. The number of methoxy groups -OCH3 is 1. The molecule has 35 heavy (non-hydrogen) atoms. The van der Waals surface area contributed by atoms with Crippen LogP contribution in [0.25, 0.3) is 0 Å². The summed E-state index contributed by atoms with van der Waals surface area (Å²) in [5, 5.41) is 11.9. The minimum atomic E-state index is -2.30. The molecule has 1 fully saturated rings. The second-order valence-electron chi connectivity index (χ2n) is 10.1. The average molecular weight is 503 g/mol. The van der Waals surface area contributed by atoms with E-state index >= 15 is 0 Å². The molecule has 2 N–H and O–H groups in total. The Morgan fingerprint density at radius 3 is 2.29 bits per heavy atom. The van der Waals surface area contributed by atoms with Gasteiger partial charge in [-0.15, -0.1) is 0 Å². The zero-order valence-corrected chi connectivity index (χ0v) is 21.0. The minimum absolute atomic E-state index is 0.0464. The summed E-state index contributed by atoms with van der Waals surface area (Å²) in [6.45, 7) is 5.68. The lowest BCUT2D eigenvalue weighted by Crippen LogP contribution is -2.46. The minimum Gasteiger partial charge on any atom is -0.497 e. The van der Waals surface area contributed by atoms with Crippen molar-refractivity contribution in [2.45, 2.75) is 38.5 Å². The van der Waals surface area contributed by atoms with Gasteiger partial charge in [0, 0.05) is 17.4 Å². The van der Waals surface area contributed by atoms with Crippen molar-refractivity contribution in [1.29, 1.82) is 0 Å². The Morgan fingerprint density at radius 2 is 1.74 bits per heavy atom. The third kappa shape index (κ3) is 4.79. The number of hydrogen-bond donors (Lipinski definition) is 2. The maximum atomic E-state index is 14.8. The van der Waals surface area contributed by atoms with Crippen LogP contribution in [0, 0.1) is 23.5 Å². The highest BCUT2D eigenvalue weighted by Gasteiger charge is 2.52. The van der Waals surface area contributed by atoms with Crippen LogP contribution in [0.4, 0.5) is 14.5 Å². The topological polar surface area (TPSA) is 95.9 Å². The van der Waals surface area contributed by atoms with Crippen LogP contribution in [0.5, 0.6) is 5.75 Å². The number of hydrogen-bond acceptors (Lipinski definition) is 4. The number of aliphatic carboxylic acids is 1. The van der Waals surface area contributed by atoms with Gasteiger partial charge < -0.3 is 20.1 Å². The van der Waals surface area contributed by atoms with Crippen molar-refractivity contribution >= 4 is 36.7 Å². The summed E-state index contributed by atoms with van der Waals surface area (Å²) < 4.78 is 34.8. The average Bonchev–Trinajstić information content (AvgIpc) is 3.57. The summed E-state index contributed by atoms with van der Waals surface area (Å²) in [5.41, 5.74) is 1.33. The molecule has 0 spiro atoms. The molecule has 0 aromatic heterocycles. The Kier molecular flexibility index (Phi) is 6.43. The number of amides is 2. The summed E-state index contributed by atoms with van der Waals surface area (Å²) in [6, 6.07) is 6.27. The van der Waals surface area contributed by atoms with Crippen molar-refractivity contribution in [2.75, 3.05) is 19.0 Å². The number of carbonyl (C=O) groups excluding carboxylic acids is 2. The molecule has 2 aliphatic rings. The van der Waals surface area contributed by atoms with Gasteiger partial charge in [0.1, 0.15) is 23.4 Å². The molecule has 0 radical (unpaired) electrons. The molecule has 3 unspecified atom stereocenters. The molecule has 7 nitrogen and oxygen atoms in total. The van der Waals surface area contributed by atoms with E-state index in [9.17, 15) is 28.3 Å². The second kappa shape index (κ2) is 9.07. The van der Waals surface area contributed by atoms with E-state index in [4.69, 9.17) is 4.74 Å². The Balaban J connectivity index is 1.67. The predicted molar refractivity (Wildman–Crippen MR) is 128 cm³/mol. The largest absolute Gasteiger partial charge is 0.497 e. The normalized spacial score (nSPS) is 21.2. The fraction of sp³-hybridized carbons (Fsp3) is 0.400. The number of fused-ring (bicyclic) bond motifs is 1. The van der Waals surface area contributed by atoms with Crippen LogP contribution in [0.1, 0.15) is 23.6 Å². The second-order valence-corrected chi connectivity index (χ2v) is 15.1. The van der Waals surface area contributed by atoms with Gasteiger partial charge in [-0.05, 0) is 48.2 Å². The molecule has 3 atom stereocenters. The number of carboxylic acid groups (broad SMARTS) is 1. The zero-order chi connectivity index (χ0) is 25.7. The number of ether oxygens (including phenoxy) is 1. The number of anilines is 1. The van der Waals surface area contributed by atoms with E-state index < -0.39 is 55.4 Å². The standard InChI is InChI=1S/C25H28F2N2O5Si/c1-34-15-5-6-16-13(9-15)7-8-29(24(31)17-12-18(17)25(32)33)21(16)23(30)28-14-10-19(26)22(20(27)11-14)35(2,3)4/h5-6,9-11,17-18,21H,7-8,12H2,1-4H3,(H,28,30)(H,32,33). The van der Waals surface area contributed by atoms with E-state index in [0.29, 0.717) is 17.7 Å². The van der Waals surface area contributed by atoms with Gasteiger partial charge in [0.15, 0.2) is 0 Å². The molecule has 1 aliphatic carbocycles. The molecule has 2 amide bonds. The summed E-state index contributed by atoms with van der Waals surface area (Å²) in [5.74, 6) is -4.37. The third-order valence-electron chi connectivity index (χ3n) is 6.59. The lowest BCUT2D eigenvalue weighted by Gasteiger charge is -2.37. The number of carbonyl (C=O) groups is 3. The highest BCUT2D eigenvalue weighted by atomic mass is 28.3. The van der Waals surface area contributed by atoms with Crippen molar-refractivity contribution in [3.05, 3.63) is 53.1 Å². The summed E-state index contributed by atoms with van der Waals surface area (Å²) in [7, 11) is -0.772. The fourth-order valence-electron chi connectivity index (χ4n) is 4.78. The third-order valence-corrected chi connectivity index (χ3v) is 8.57. The van der Waals surface area contributed by atoms with Gasteiger partial charge in [-0.1, -0.05) is 25.7 Å². The van der Waals surface area contributed by atoms with Gasteiger partial charge in [-0.3, -0.25) is 14.4 Å².